The van der Waals surface area contributed by atoms with Crippen molar-refractivity contribution < 1.29 is 14.2 Å². The third-order valence-electron chi connectivity index (χ3n) is 4.80. The van der Waals surface area contributed by atoms with Gasteiger partial charge in [0.05, 0.1) is 39.0 Å². The van der Waals surface area contributed by atoms with Gasteiger partial charge in [-0.15, -0.1) is 0 Å². The molecule has 6 heteroatoms. The van der Waals surface area contributed by atoms with Gasteiger partial charge in [0, 0.05) is 5.56 Å². The number of ether oxygens (including phenoxy) is 1. The van der Waals surface area contributed by atoms with Crippen LogP contribution >= 0.6 is 0 Å². The van der Waals surface area contributed by atoms with E-state index in [9.17, 15) is 0 Å². The van der Waals surface area contributed by atoms with E-state index < -0.39 is 0 Å². The van der Waals surface area contributed by atoms with Gasteiger partial charge in [-0.05, 0) is 12.1 Å². The Kier molecular flexibility index (Phi) is 4.84. The average molecular weight is 351 g/mol. The van der Waals surface area contributed by atoms with Crippen LogP contribution in [0.1, 0.15) is 5.89 Å². The summed E-state index contributed by atoms with van der Waals surface area (Å²) in [6, 6.07) is 18.1. The summed E-state index contributed by atoms with van der Waals surface area (Å²) in [7, 11) is 1.72. The number of hydrogen-bond donors (Lipinski definition) is 1. The number of rotatable bonds is 5. The SMILES string of the molecule is COc1ccccc1N1CC[NH+](Cc2nc(-c3ccccc3)no2)CC1. The summed E-state index contributed by atoms with van der Waals surface area (Å²) in [5, 5.41) is 4.11. The standard InChI is InChI=1S/C20H22N4O2/c1-25-18-10-6-5-9-17(18)24-13-11-23(12-14-24)15-19-21-20(22-26-19)16-7-3-2-4-8-16/h2-10H,11-15H2,1H3/p+1. The summed E-state index contributed by atoms with van der Waals surface area (Å²) < 4.78 is 10.9. The Morgan fingerprint density at radius 3 is 2.54 bits per heavy atom. The summed E-state index contributed by atoms with van der Waals surface area (Å²) in [4.78, 5) is 8.39. The highest BCUT2D eigenvalue weighted by molar-refractivity contribution is 5.58. The normalized spacial score (nSPS) is 15.2. The maximum Gasteiger partial charge on any atom is 0.282 e. The molecule has 0 atom stereocenters. The molecule has 0 spiro atoms. The number of piperazine rings is 1. The van der Waals surface area contributed by atoms with Crippen LogP contribution in [0.4, 0.5) is 5.69 Å². The van der Waals surface area contributed by atoms with Gasteiger partial charge in [0.1, 0.15) is 5.75 Å². The molecule has 1 N–H and O–H groups in total. The first-order valence-electron chi connectivity index (χ1n) is 8.93. The quantitative estimate of drug-likeness (QED) is 0.758. The molecule has 0 amide bonds. The van der Waals surface area contributed by atoms with E-state index >= 15 is 0 Å². The molecule has 6 nitrogen and oxygen atoms in total. The van der Waals surface area contributed by atoms with Gasteiger partial charge in [-0.1, -0.05) is 47.6 Å². The second-order valence-electron chi connectivity index (χ2n) is 6.46. The molecule has 0 unspecified atom stereocenters. The summed E-state index contributed by atoms with van der Waals surface area (Å²) in [6.07, 6.45) is 0. The molecule has 0 saturated carbocycles. The van der Waals surface area contributed by atoms with Crippen molar-refractivity contribution in [3.63, 3.8) is 0 Å². The predicted octanol–water partition coefficient (Wildman–Crippen LogP) is 1.65. The van der Waals surface area contributed by atoms with Crippen LogP contribution in [0.25, 0.3) is 11.4 Å². The van der Waals surface area contributed by atoms with E-state index in [0.29, 0.717) is 11.7 Å². The molecule has 0 aliphatic carbocycles. The van der Waals surface area contributed by atoms with Crippen molar-refractivity contribution in [3.05, 3.63) is 60.5 Å². The molecule has 0 radical (unpaired) electrons. The number of benzene rings is 2. The van der Waals surface area contributed by atoms with Crippen LogP contribution in [0.5, 0.6) is 5.75 Å². The molecule has 26 heavy (non-hydrogen) atoms. The minimum absolute atomic E-state index is 0.660. The smallest absolute Gasteiger partial charge is 0.282 e. The lowest BCUT2D eigenvalue weighted by atomic mass is 10.2. The van der Waals surface area contributed by atoms with Crippen LogP contribution in [0.2, 0.25) is 0 Å². The van der Waals surface area contributed by atoms with Gasteiger partial charge in [-0.25, -0.2) is 0 Å². The monoisotopic (exact) mass is 351 g/mol. The van der Waals surface area contributed by atoms with Gasteiger partial charge in [-0.3, -0.25) is 0 Å². The highest BCUT2D eigenvalue weighted by Gasteiger charge is 2.24. The lowest BCUT2D eigenvalue weighted by Gasteiger charge is -2.33. The molecule has 2 heterocycles. The number of nitrogens with zero attached hydrogens (tertiary/aromatic N) is 3. The fourth-order valence-electron chi connectivity index (χ4n) is 3.38. The van der Waals surface area contributed by atoms with E-state index in [1.54, 1.807) is 7.11 Å². The van der Waals surface area contributed by atoms with E-state index in [0.717, 1.165) is 44.0 Å². The molecule has 1 aliphatic heterocycles. The van der Waals surface area contributed by atoms with Crippen LogP contribution in [0.3, 0.4) is 0 Å². The van der Waals surface area contributed by atoms with Crippen LogP contribution in [0, 0.1) is 0 Å². The fourth-order valence-corrected chi connectivity index (χ4v) is 3.38. The van der Waals surface area contributed by atoms with Crippen LogP contribution in [-0.4, -0.2) is 43.4 Å². The number of hydrogen-bond acceptors (Lipinski definition) is 5. The van der Waals surface area contributed by atoms with E-state index in [-0.39, 0.29) is 0 Å². The van der Waals surface area contributed by atoms with Crippen molar-refractivity contribution in [1.82, 2.24) is 10.1 Å². The van der Waals surface area contributed by atoms with Crippen molar-refractivity contribution in [1.29, 1.82) is 0 Å². The predicted molar refractivity (Wildman–Crippen MR) is 99.3 cm³/mol. The highest BCUT2D eigenvalue weighted by atomic mass is 16.5. The van der Waals surface area contributed by atoms with Gasteiger partial charge in [0.15, 0.2) is 6.54 Å². The molecular weight excluding hydrogens is 328 g/mol. The molecule has 4 rings (SSSR count). The van der Waals surface area contributed by atoms with Crippen molar-refractivity contribution in [2.75, 3.05) is 38.2 Å². The van der Waals surface area contributed by atoms with Crippen molar-refractivity contribution >= 4 is 5.69 Å². The molecule has 1 aliphatic rings. The number of nitrogens with one attached hydrogen (secondary N) is 1. The van der Waals surface area contributed by atoms with Gasteiger partial charge in [0.25, 0.3) is 5.89 Å². The molecular formula is C20H23N4O2+. The largest absolute Gasteiger partial charge is 0.495 e. The van der Waals surface area contributed by atoms with Crippen LogP contribution in [0.15, 0.2) is 59.1 Å². The van der Waals surface area contributed by atoms with Gasteiger partial charge < -0.3 is 19.1 Å². The second kappa shape index (κ2) is 7.58. The van der Waals surface area contributed by atoms with E-state index in [1.807, 2.05) is 42.5 Å². The molecule has 1 fully saturated rings. The van der Waals surface area contributed by atoms with Crippen molar-refractivity contribution in [3.8, 4) is 17.1 Å². The number of methoxy groups -OCH3 is 1. The minimum atomic E-state index is 0.660. The maximum absolute atomic E-state index is 5.48. The molecule has 3 aromatic rings. The Morgan fingerprint density at radius 2 is 1.77 bits per heavy atom. The summed E-state index contributed by atoms with van der Waals surface area (Å²) in [6.45, 7) is 4.78. The first kappa shape index (κ1) is 16.6. The average Bonchev–Trinajstić information content (AvgIpc) is 3.18. The summed E-state index contributed by atoms with van der Waals surface area (Å²) in [5.74, 6) is 2.29. The summed E-state index contributed by atoms with van der Waals surface area (Å²) >= 11 is 0. The Morgan fingerprint density at radius 1 is 1.04 bits per heavy atom. The van der Waals surface area contributed by atoms with Crippen LogP contribution < -0.4 is 14.5 Å². The minimum Gasteiger partial charge on any atom is -0.495 e. The Bertz CT molecular complexity index is 842. The van der Waals surface area contributed by atoms with Gasteiger partial charge >= 0.3 is 0 Å². The molecule has 1 saturated heterocycles. The van der Waals surface area contributed by atoms with Crippen molar-refractivity contribution in [2.45, 2.75) is 6.54 Å². The van der Waals surface area contributed by atoms with E-state index in [4.69, 9.17) is 9.26 Å². The third-order valence-corrected chi connectivity index (χ3v) is 4.80. The molecule has 0 bridgehead atoms. The zero-order valence-electron chi connectivity index (χ0n) is 14.9. The topological polar surface area (TPSA) is 55.8 Å². The van der Waals surface area contributed by atoms with Gasteiger partial charge in [-0.2, -0.15) is 4.98 Å². The molecule has 1 aromatic heterocycles. The Labute approximate surface area is 153 Å². The number of para-hydroxylation sites is 2. The van der Waals surface area contributed by atoms with E-state index in [2.05, 4.69) is 27.2 Å². The molecule has 2 aromatic carbocycles. The van der Waals surface area contributed by atoms with Crippen LogP contribution in [-0.2, 0) is 6.54 Å². The number of aromatic nitrogens is 2. The first-order chi connectivity index (χ1) is 12.8. The Balaban J connectivity index is 1.36. The van der Waals surface area contributed by atoms with Crippen molar-refractivity contribution in [2.24, 2.45) is 0 Å². The zero-order valence-corrected chi connectivity index (χ0v) is 14.9. The van der Waals surface area contributed by atoms with Gasteiger partial charge in [0.2, 0.25) is 5.82 Å². The fraction of sp³-hybridized carbons (Fsp3) is 0.300. The Hall–Kier alpha value is -2.86. The summed E-state index contributed by atoms with van der Waals surface area (Å²) in [5.41, 5.74) is 2.15. The lowest BCUT2D eigenvalue weighted by molar-refractivity contribution is -0.915. The second-order valence-corrected chi connectivity index (χ2v) is 6.46. The maximum atomic E-state index is 5.48. The number of quaternary nitrogens is 1. The number of anilines is 1. The highest BCUT2D eigenvalue weighted by Crippen LogP contribution is 2.27. The lowest BCUT2D eigenvalue weighted by Crippen LogP contribution is -3.13. The molecule has 134 valence electrons. The first-order valence-corrected chi connectivity index (χ1v) is 8.93. The third kappa shape index (κ3) is 3.55. The zero-order chi connectivity index (χ0) is 17.8. The van der Waals surface area contributed by atoms with E-state index in [1.165, 1.54) is 10.6 Å².